The van der Waals surface area contributed by atoms with E-state index in [4.69, 9.17) is 10.5 Å². The number of nitrogen functional groups attached to an aromatic ring is 1. The molecule has 1 aromatic heterocycles. The maximum atomic E-state index is 11.9. The van der Waals surface area contributed by atoms with E-state index >= 15 is 0 Å². The van der Waals surface area contributed by atoms with Gasteiger partial charge in [-0.05, 0) is 38.7 Å². The highest BCUT2D eigenvalue weighted by molar-refractivity contribution is 7.11. The van der Waals surface area contributed by atoms with Gasteiger partial charge < -0.3 is 15.4 Å². The van der Waals surface area contributed by atoms with E-state index in [-0.39, 0.29) is 17.8 Å². The van der Waals surface area contributed by atoms with Crippen LogP contribution in [0.1, 0.15) is 44.5 Å². The van der Waals surface area contributed by atoms with Crippen molar-refractivity contribution in [2.75, 3.05) is 23.8 Å². The summed E-state index contributed by atoms with van der Waals surface area (Å²) in [6.07, 6.45) is 0.998. The van der Waals surface area contributed by atoms with Crippen molar-refractivity contribution in [3.05, 3.63) is 5.56 Å². The van der Waals surface area contributed by atoms with Gasteiger partial charge in [0.25, 0.3) is 0 Å². The molecule has 0 radical (unpaired) electrons. The number of anilines is 2. The molecule has 0 fully saturated rings. The van der Waals surface area contributed by atoms with Crippen LogP contribution in [-0.4, -0.2) is 29.5 Å². The Bertz CT molecular complexity index is 404. The van der Waals surface area contributed by atoms with E-state index in [9.17, 15) is 4.79 Å². The quantitative estimate of drug-likeness (QED) is 0.805. The fourth-order valence-corrected chi connectivity index (χ4v) is 2.68. The molecule has 0 saturated carbocycles. The predicted molar refractivity (Wildman–Crippen MR) is 75.3 cm³/mol. The molecule has 0 aliphatic rings. The maximum Gasteiger partial charge on any atom is 0.345 e. The minimum Gasteiger partial charge on any atom is -0.462 e. The molecule has 0 unspecified atom stereocenters. The third-order valence-corrected chi connectivity index (χ3v) is 3.43. The number of ether oxygens (including phenoxy) is 1. The van der Waals surface area contributed by atoms with Crippen LogP contribution in [-0.2, 0) is 4.74 Å². The van der Waals surface area contributed by atoms with Crippen molar-refractivity contribution in [3.8, 4) is 0 Å². The van der Waals surface area contributed by atoms with Crippen LogP contribution in [0.25, 0.3) is 0 Å². The second-order valence-corrected chi connectivity index (χ2v) is 5.01. The molecule has 6 heteroatoms. The fourth-order valence-electron chi connectivity index (χ4n) is 1.72. The second kappa shape index (κ2) is 6.58. The van der Waals surface area contributed by atoms with Gasteiger partial charge in [-0.2, -0.15) is 4.37 Å². The van der Waals surface area contributed by atoms with E-state index in [2.05, 4.69) is 30.0 Å². The largest absolute Gasteiger partial charge is 0.462 e. The lowest BCUT2D eigenvalue weighted by atomic mass is 10.2. The summed E-state index contributed by atoms with van der Waals surface area (Å²) in [6.45, 7) is 9.25. The summed E-state index contributed by atoms with van der Waals surface area (Å²) in [7, 11) is 0. The van der Waals surface area contributed by atoms with Gasteiger partial charge in [0, 0.05) is 12.6 Å². The Hall–Kier alpha value is -1.30. The molecule has 102 valence electrons. The smallest absolute Gasteiger partial charge is 0.345 e. The molecular weight excluding hydrogens is 250 g/mol. The van der Waals surface area contributed by atoms with Gasteiger partial charge >= 0.3 is 5.97 Å². The second-order valence-electron chi connectivity index (χ2n) is 4.26. The van der Waals surface area contributed by atoms with E-state index in [1.165, 1.54) is 11.5 Å². The Morgan fingerprint density at radius 1 is 1.50 bits per heavy atom. The number of aromatic nitrogens is 1. The number of nitrogens with zero attached hydrogens (tertiary/aromatic N) is 2. The van der Waals surface area contributed by atoms with E-state index in [0.29, 0.717) is 12.2 Å². The third kappa shape index (κ3) is 3.13. The maximum absolute atomic E-state index is 11.9. The summed E-state index contributed by atoms with van der Waals surface area (Å²) in [6, 6.07) is 0.290. The molecule has 5 nitrogen and oxygen atoms in total. The first-order valence-electron chi connectivity index (χ1n) is 6.21. The van der Waals surface area contributed by atoms with Crippen LogP contribution in [0.3, 0.4) is 0 Å². The monoisotopic (exact) mass is 271 g/mol. The van der Waals surface area contributed by atoms with E-state index < -0.39 is 0 Å². The molecule has 0 saturated heterocycles. The van der Waals surface area contributed by atoms with Gasteiger partial charge in [0.2, 0.25) is 0 Å². The van der Waals surface area contributed by atoms with E-state index in [1.807, 2.05) is 0 Å². The Balaban J connectivity index is 3.11. The number of carbonyl (C=O) groups is 1. The van der Waals surface area contributed by atoms with Gasteiger partial charge in [-0.3, -0.25) is 0 Å². The minimum absolute atomic E-state index is 0.259. The zero-order chi connectivity index (χ0) is 13.7. The average Bonchev–Trinajstić information content (AvgIpc) is 2.67. The van der Waals surface area contributed by atoms with Gasteiger partial charge in [0.15, 0.2) is 5.82 Å². The lowest BCUT2D eigenvalue weighted by Gasteiger charge is -2.27. The number of esters is 1. The summed E-state index contributed by atoms with van der Waals surface area (Å²) >= 11 is 1.26. The van der Waals surface area contributed by atoms with Crippen molar-refractivity contribution in [1.82, 2.24) is 4.37 Å². The Morgan fingerprint density at radius 2 is 2.17 bits per heavy atom. The summed E-state index contributed by atoms with van der Waals surface area (Å²) in [4.78, 5) is 14.1. The first-order valence-corrected chi connectivity index (χ1v) is 6.99. The van der Waals surface area contributed by atoms with Crippen LogP contribution < -0.4 is 10.6 Å². The molecule has 0 aromatic carbocycles. The summed E-state index contributed by atoms with van der Waals surface area (Å²) < 4.78 is 9.12. The van der Waals surface area contributed by atoms with Crippen molar-refractivity contribution in [1.29, 1.82) is 0 Å². The highest BCUT2D eigenvalue weighted by atomic mass is 32.1. The minimum atomic E-state index is -0.388. The van der Waals surface area contributed by atoms with Crippen molar-refractivity contribution >= 4 is 28.3 Å². The number of nitrogens with two attached hydrogens (primary N) is 1. The standard InChI is InChI=1S/C12H21N3O2S/c1-5-7-15(8(3)4)11-9(10(13)14-18-11)12(16)17-6-2/h8H,5-7H2,1-4H3,(H2,13,14). The molecule has 1 aromatic rings. The van der Waals surface area contributed by atoms with E-state index in [1.54, 1.807) is 6.92 Å². The Morgan fingerprint density at radius 3 is 2.67 bits per heavy atom. The SMILES string of the molecule is CCCN(c1snc(N)c1C(=O)OCC)C(C)C. The zero-order valence-corrected chi connectivity index (χ0v) is 12.2. The number of rotatable bonds is 6. The van der Waals surface area contributed by atoms with Crippen LogP contribution in [0.4, 0.5) is 10.8 Å². The van der Waals surface area contributed by atoms with Crippen LogP contribution in [0.15, 0.2) is 0 Å². The van der Waals surface area contributed by atoms with Gasteiger partial charge in [0.05, 0.1) is 6.61 Å². The Kier molecular flexibility index (Phi) is 5.40. The third-order valence-electron chi connectivity index (χ3n) is 2.53. The van der Waals surface area contributed by atoms with Gasteiger partial charge in [-0.25, -0.2) is 4.79 Å². The molecule has 0 aliphatic heterocycles. The Labute approximate surface area is 112 Å². The van der Waals surface area contributed by atoms with Gasteiger partial charge in [-0.15, -0.1) is 0 Å². The average molecular weight is 271 g/mol. The first kappa shape index (κ1) is 14.8. The molecule has 0 aliphatic carbocycles. The molecule has 1 heterocycles. The lowest BCUT2D eigenvalue weighted by molar-refractivity contribution is 0.0528. The number of hydrogen-bond acceptors (Lipinski definition) is 6. The molecule has 0 spiro atoms. The van der Waals surface area contributed by atoms with Crippen LogP contribution in [0.2, 0.25) is 0 Å². The number of carbonyl (C=O) groups excluding carboxylic acids is 1. The summed E-state index contributed by atoms with van der Waals surface area (Å²) in [5, 5.41) is 0.808. The molecule has 18 heavy (non-hydrogen) atoms. The van der Waals surface area contributed by atoms with Crippen LogP contribution >= 0.6 is 11.5 Å². The first-order chi connectivity index (χ1) is 8.52. The molecular formula is C12H21N3O2S. The fraction of sp³-hybridized carbons (Fsp3) is 0.667. The normalized spacial score (nSPS) is 10.7. The van der Waals surface area contributed by atoms with Crippen molar-refractivity contribution in [2.45, 2.75) is 40.2 Å². The summed E-state index contributed by atoms with van der Waals surface area (Å²) in [5.74, 6) is -0.129. The van der Waals surface area contributed by atoms with Gasteiger partial charge in [-0.1, -0.05) is 6.92 Å². The van der Waals surface area contributed by atoms with Crippen LogP contribution in [0, 0.1) is 0 Å². The zero-order valence-electron chi connectivity index (χ0n) is 11.4. The molecule has 1 rings (SSSR count). The summed E-state index contributed by atoms with van der Waals surface area (Å²) in [5.41, 5.74) is 6.18. The number of hydrogen-bond donors (Lipinski definition) is 1. The highest BCUT2D eigenvalue weighted by Crippen LogP contribution is 2.32. The molecule has 0 atom stereocenters. The lowest BCUT2D eigenvalue weighted by Crippen LogP contribution is -2.32. The van der Waals surface area contributed by atoms with Crippen molar-refractivity contribution < 1.29 is 9.53 Å². The predicted octanol–water partition coefficient (Wildman–Crippen LogP) is 2.53. The van der Waals surface area contributed by atoms with E-state index in [0.717, 1.165) is 18.0 Å². The van der Waals surface area contributed by atoms with Crippen LogP contribution in [0.5, 0.6) is 0 Å². The van der Waals surface area contributed by atoms with Crippen molar-refractivity contribution in [2.24, 2.45) is 0 Å². The molecule has 2 N–H and O–H groups in total. The molecule has 0 bridgehead atoms. The highest BCUT2D eigenvalue weighted by Gasteiger charge is 2.25. The topological polar surface area (TPSA) is 68.5 Å². The van der Waals surface area contributed by atoms with Crippen molar-refractivity contribution in [3.63, 3.8) is 0 Å². The molecule has 0 amide bonds. The van der Waals surface area contributed by atoms with Gasteiger partial charge in [0.1, 0.15) is 10.6 Å².